The van der Waals surface area contributed by atoms with E-state index in [4.69, 9.17) is 9.47 Å². The summed E-state index contributed by atoms with van der Waals surface area (Å²) in [7, 11) is 3.12. The van der Waals surface area contributed by atoms with Crippen LogP contribution >= 0.6 is 0 Å². The van der Waals surface area contributed by atoms with Gasteiger partial charge in [-0.3, -0.25) is 4.58 Å². The summed E-state index contributed by atoms with van der Waals surface area (Å²) >= 11 is 0. The van der Waals surface area contributed by atoms with E-state index in [0.717, 1.165) is 49.5 Å². The van der Waals surface area contributed by atoms with Gasteiger partial charge in [-0.2, -0.15) is 4.90 Å². The number of methoxy groups -OCH3 is 2. The molecule has 0 spiro atoms. The van der Waals surface area contributed by atoms with Crippen molar-refractivity contribution in [2.45, 2.75) is 31.4 Å². The third-order valence-corrected chi connectivity index (χ3v) is 5.67. The number of hydrogen-bond donors (Lipinski definition) is 1. The standard InChI is InChI=1S/C22H26FN2O3/c1-27-17-9-7-16(8-10-17)25-21-6-4-3-5-13-24(21)15-22(25,26)19-12-11-18(28-2)14-20(19)23/h7-12,14,26H,3-6,13,15H2,1-2H3/q+1/t22-/m1/s1. The molecule has 2 aliphatic heterocycles. The zero-order chi connectivity index (χ0) is 19.7. The van der Waals surface area contributed by atoms with Crippen LogP contribution in [0.2, 0.25) is 0 Å². The molecule has 0 bridgehead atoms. The predicted molar refractivity (Wildman–Crippen MR) is 106 cm³/mol. The van der Waals surface area contributed by atoms with Gasteiger partial charge in [-0.1, -0.05) is 0 Å². The van der Waals surface area contributed by atoms with Crippen LogP contribution in [0.15, 0.2) is 42.5 Å². The molecule has 28 heavy (non-hydrogen) atoms. The number of hydrogen-bond acceptors (Lipinski definition) is 4. The molecular formula is C22H26FN2O3+. The molecule has 1 atom stereocenters. The van der Waals surface area contributed by atoms with Gasteiger partial charge in [0.15, 0.2) is 6.54 Å². The van der Waals surface area contributed by atoms with E-state index in [9.17, 15) is 9.50 Å². The van der Waals surface area contributed by atoms with Crippen molar-refractivity contribution in [1.82, 2.24) is 0 Å². The number of rotatable bonds is 4. The van der Waals surface area contributed by atoms with Crippen molar-refractivity contribution in [3.05, 3.63) is 53.8 Å². The summed E-state index contributed by atoms with van der Waals surface area (Å²) in [5, 5.41) is 11.8. The third kappa shape index (κ3) is 3.11. The molecule has 0 saturated carbocycles. The van der Waals surface area contributed by atoms with E-state index in [1.165, 1.54) is 13.2 Å². The van der Waals surface area contributed by atoms with Gasteiger partial charge in [-0.05, 0) is 55.7 Å². The summed E-state index contributed by atoms with van der Waals surface area (Å²) < 4.78 is 27.6. The summed E-state index contributed by atoms with van der Waals surface area (Å²) in [5.41, 5.74) is -0.417. The van der Waals surface area contributed by atoms with Crippen molar-refractivity contribution in [1.29, 1.82) is 0 Å². The molecule has 4 rings (SSSR count). The van der Waals surface area contributed by atoms with Crippen LogP contribution < -0.4 is 14.4 Å². The van der Waals surface area contributed by atoms with Crippen molar-refractivity contribution in [3.8, 4) is 11.5 Å². The van der Waals surface area contributed by atoms with Crippen molar-refractivity contribution in [3.63, 3.8) is 0 Å². The summed E-state index contributed by atoms with van der Waals surface area (Å²) in [6, 6.07) is 12.2. The summed E-state index contributed by atoms with van der Waals surface area (Å²) in [4.78, 5) is 1.89. The average molecular weight is 385 g/mol. The molecule has 5 nitrogen and oxygen atoms in total. The van der Waals surface area contributed by atoms with Crippen LogP contribution in [0.1, 0.15) is 31.2 Å². The predicted octanol–water partition coefficient (Wildman–Crippen LogP) is 3.49. The first kappa shape index (κ1) is 18.7. The highest BCUT2D eigenvalue weighted by Gasteiger charge is 2.55. The lowest BCUT2D eigenvalue weighted by Gasteiger charge is -2.29. The van der Waals surface area contributed by atoms with E-state index >= 15 is 0 Å². The fourth-order valence-electron chi connectivity index (χ4n) is 4.27. The van der Waals surface area contributed by atoms with Gasteiger partial charge in [0.1, 0.15) is 23.0 Å². The molecule has 0 fully saturated rings. The molecule has 2 heterocycles. The van der Waals surface area contributed by atoms with Crippen LogP contribution in [0, 0.1) is 5.82 Å². The van der Waals surface area contributed by atoms with E-state index in [1.807, 2.05) is 29.2 Å². The number of benzene rings is 2. The highest BCUT2D eigenvalue weighted by atomic mass is 19.1. The Bertz CT molecular complexity index is 897. The third-order valence-electron chi connectivity index (χ3n) is 5.67. The molecule has 0 aliphatic carbocycles. The summed E-state index contributed by atoms with van der Waals surface area (Å²) in [5.74, 6) is 1.74. The van der Waals surface area contributed by atoms with Crippen LogP contribution in [0.4, 0.5) is 10.1 Å². The lowest BCUT2D eigenvalue weighted by molar-refractivity contribution is -0.534. The highest BCUT2D eigenvalue weighted by Crippen LogP contribution is 2.39. The van der Waals surface area contributed by atoms with Crippen molar-refractivity contribution < 1.29 is 23.5 Å². The Kier molecular flexibility index (Phi) is 4.98. The number of amidine groups is 1. The molecule has 0 saturated heterocycles. The first-order chi connectivity index (χ1) is 13.6. The van der Waals surface area contributed by atoms with Crippen molar-refractivity contribution in [2.75, 3.05) is 32.2 Å². The van der Waals surface area contributed by atoms with Gasteiger partial charge < -0.3 is 14.6 Å². The Hall–Kier alpha value is -2.60. The Labute approximate surface area is 164 Å². The summed E-state index contributed by atoms with van der Waals surface area (Å²) in [6.45, 7) is 1.19. The molecular weight excluding hydrogens is 359 g/mol. The largest absolute Gasteiger partial charge is 0.497 e. The number of halogens is 1. The Balaban J connectivity index is 1.83. The first-order valence-corrected chi connectivity index (χ1v) is 9.68. The zero-order valence-electron chi connectivity index (χ0n) is 16.3. The topological polar surface area (TPSA) is 44.9 Å². The molecule has 2 aliphatic rings. The van der Waals surface area contributed by atoms with Crippen LogP contribution in [-0.2, 0) is 5.72 Å². The lowest BCUT2D eigenvalue weighted by atomic mass is 9.99. The van der Waals surface area contributed by atoms with Gasteiger partial charge in [-0.15, -0.1) is 0 Å². The molecule has 2 aromatic rings. The van der Waals surface area contributed by atoms with Gasteiger partial charge >= 0.3 is 0 Å². The second kappa shape index (κ2) is 7.43. The fourth-order valence-corrected chi connectivity index (χ4v) is 4.27. The minimum atomic E-state index is -1.49. The Morgan fingerprint density at radius 3 is 2.39 bits per heavy atom. The molecule has 2 aromatic carbocycles. The molecule has 1 N–H and O–H groups in total. The van der Waals surface area contributed by atoms with Crippen LogP contribution in [0.25, 0.3) is 0 Å². The van der Waals surface area contributed by atoms with Gasteiger partial charge in [0.05, 0.1) is 26.3 Å². The monoisotopic (exact) mass is 385 g/mol. The van der Waals surface area contributed by atoms with Crippen LogP contribution in [-0.4, -0.2) is 42.8 Å². The molecule has 0 radical (unpaired) electrons. The molecule has 148 valence electrons. The quantitative estimate of drug-likeness (QED) is 0.819. The van der Waals surface area contributed by atoms with E-state index in [0.29, 0.717) is 12.3 Å². The maximum atomic E-state index is 15.0. The average Bonchev–Trinajstić information content (AvgIpc) is 2.84. The van der Waals surface area contributed by atoms with Gasteiger partial charge in [-0.25, -0.2) is 4.39 Å². The fraction of sp³-hybridized carbons (Fsp3) is 0.409. The molecule has 0 aromatic heterocycles. The lowest BCUT2D eigenvalue weighted by Crippen LogP contribution is -2.48. The van der Waals surface area contributed by atoms with Crippen LogP contribution in [0.3, 0.4) is 0 Å². The smallest absolute Gasteiger partial charge is 0.278 e. The zero-order valence-corrected chi connectivity index (χ0v) is 16.3. The van der Waals surface area contributed by atoms with E-state index in [-0.39, 0.29) is 5.56 Å². The van der Waals surface area contributed by atoms with Crippen molar-refractivity contribution in [2.24, 2.45) is 0 Å². The van der Waals surface area contributed by atoms with E-state index in [1.54, 1.807) is 19.2 Å². The van der Waals surface area contributed by atoms with Gasteiger partial charge in [0.25, 0.3) is 11.6 Å². The van der Waals surface area contributed by atoms with Gasteiger partial charge in [0, 0.05) is 12.5 Å². The van der Waals surface area contributed by atoms with Crippen LogP contribution in [0.5, 0.6) is 11.5 Å². The first-order valence-electron chi connectivity index (χ1n) is 9.68. The van der Waals surface area contributed by atoms with E-state index in [2.05, 4.69) is 4.58 Å². The highest BCUT2D eigenvalue weighted by molar-refractivity contribution is 5.97. The minimum absolute atomic E-state index is 0.254. The SMILES string of the molecule is COc1ccc(N2C3=[N+](CCCCC3)C[C@@]2(O)c2ccc(OC)cc2F)cc1. The summed E-state index contributed by atoms with van der Waals surface area (Å²) in [6.07, 6.45) is 4.14. The number of anilines is 1. The Morgan fingerprint density at radius 1 is 1.00 bits per heavy atom. The molecule has 6 heteroatoms. The van der Waals surface area contributed by atoms with Gasteiger partial charge in [0.2, 0.25) is 0 Å². The normalized spacial score (nSPS) is 22.1. The Morgan fingerprint density at radius 2 is 1.71 bits per heavy atom. The molecule has 0 unspecified atom stereocenters. The number of ether oxygens (including phenoxy) is 2. The number of aliphatic hydroxyl groups is 1. The maximum absolute atomic E-state index is 15.0. The second-order valence-corrected chi connectivity index (χ2v) is 7.34. The second-order valence-electron chi connectivity index (χ2n) is 7.34. The van der Waals surface area contributed by atoms with Crippen molar-refractivity contribution >= 4 is 11.5 Å². The maximum Gasteiger partial charge on any atom is 0.278 e. The van der Waals surface area contributed by atoms with E-state index < -0.39 is 11.5 Å². The molecule has 0 amide bonds. The number of nitrogens with zero attached hydrogens (tertiary/aromatic N) is 2. The minimum Gasteiger partial charge on any atom is -0.497 e.